The van der Waals surface area contributed by atoms with Crippen molar-refractivity contribution in [3.05, 3.63) is 12.5 Å². The lowest BCUT2D eigenvalue weighted by Crippen LogP contribution is -2.05. The molecule has 0 saturated heterocycles. The molecule has 2 rings (SSSR count). The number of fused-ring (bicyclic) bond motifs is 1. The van der Waals surface area contributed by atoms with Crippen molar-refractivity contribution >= 4 is 17.1 Å². The Balaban J connectivity index is 2.30. The van der Waals surface area contributed by atoms with E-state index in [1.807, 2.05) is 6.33 Å². The number of nitrogens with zero attached hydrogens (tertiary/aromatic N) is 4. The van der Waals surface area contributed by atoms with Crippen LogP contribution in [-0.4, -0.2) is 26.1 Å². The summed E-state index contributed by atoms with van der Waals surface area (Å²) in [6, 6.07) is 0. The predicted molar refractivity (Wildman–Crippen MR) is 64.4 cm³/mol. The van der Waals surface area contributed by atoms with Crippen molar-refractivity contribution in [3.8, 4) is 0 Å². The van der Waals surface area contributed by atoms with Gasteiger partial charge in [-0.15, -0.1) is 0 Å². The van der Waals surface area contributed by atoms with Crippen LogP contribution in [0.3, 0.4) is 0 Å². The van der Waals surface area contributed by atoms with E-state index in [1.54, 1.807) is 6.20 Å². The maximum Gasteiger partial charge on any atom is 0.224 e. The van der Waals surface area contributed by atoms with Gasteiger partial charge >= 0.3 is 0 Å². The van der Waals surface area contributed by atoms with E-state index in [0.29, 0.717) is 5.95 Å². The summed E-state index contributed by atoms with van der Waals surface area (Å²) < 4.78 is 2.06. The maximum atomic E-state index is 4.47. The molecule has 2 aromatic rings. The monoisotopic (exact) mass is 219 g/mol. The van der Waals surface area contributed by atoms with Crippen LogP contribution in [0.5, 0.6) is 0 Å². The molecule has 0 atom stereocenters. The summed E-state index contributed by atoms with van der Waals surface area (Å²) in [7, 11) is 0. The number of hydrogen-bond donors (Lipinski definition) is 1. The Morgan fingerprint density at radius 2 is 2.12 bits per heavy atom. The van der Waals surface area contributed by atoms with E-state index in [2.05, 4.69) is 38.7 Å². The Morgan fingerprint density at radius 1 is 1.25 bits per heavy atom. The summed E-state index contributed by atoms with van der Waals surface area (Å²) in [6.07, 6.45) is 5.74. The quantitative estimate of drug-likeness (QED) is 0.836. The molecule has 0 saturated carbocycles. The summed E-state index contributed by atoms with van der Waals surface area (Å²) in [6.45, 7) is 6.10. The van der Waals surface area contributed by atoms with E-state index in [1.165, 1.54) is 0 Å². The summed E-state index contributed by atoms with van der Waals surface area (Å²) >= 11 is 0. The minimum atomic E-state index is 0.687. The highest BCUT2D eigenvalue weighted by molar-refractivity contribution is 5.70. The first kappa shape index (κ1) is 10.9. The average molecular weight is 219 g/mol. The minimum Gasteiger partial charge on any atom is -0.354 e. The van der Waals surface area contributed by atoms with Gasteiger partial charge in [0, 0.05) is 13.1 Å². The first-order valence-corrected chi connectivity index (χ1v) is 5.77. The summed E-state index contributed by atoms with van der Waals surface area (Å²) in [5.41, 5.74) is 1.77. The second-order valence-electron chi connectivity index (χ2n) is 3.77. The van der Waals surface area contributed by atoms with Crippen molar-refractivity contribution in [2.24, 2.45) is 0 Å². The van der Waals surface area contributed by atoms with E-state index in [9.17, 15) is 0 Å². The van der Waals surface area contributed by atoms with Crippen LogP contribution in [0.2, 0.25) is 0 Å². The molecular weight excluding hydrogens is 202 g/mol. The Hall–Kier alpha value is -1.65. The lowest BCUT2D eigenvalue weighted by Gasteiger charge is -2.04. The number of aryl methyl sites for hydroxylation is 1. The minimum absolute atomic E-state index is 0.687. The normalized spacial score (nSPS) is 10.9. The largest absolute Gasteiger partial charge is 0.354 e. The topological polar surface area (TPSA) is 55.6 Å². The Kier molecular flexibility index (Phi) is 3.34. The molecule has 0 aromatic carbocycles. The molecule has 1 N–H and O–H groups in total. The van der Waals surface area contributed by atoms with Crippen LogP contribution in [-0.2, 0) is 6.54 Å². The van der Waals surface area contributed by atoms with Gasteiger partial charge in [0.1, 0.15) is 5.52 Å². The number of rotatable bonds is 5. The molecule has 0 unspecified atom stereocenters. The van der Waals surface area contributed by atoms with Crippen LogP contribution in [0.4, 0.5) is 5.95 Å². The second kappa shape index (κ2) is 4.92. The van der Waals surface area contributed by atoms with Crippen molar-refractivity contribution < 1.29 is 0 Å². The van der Waals surface area contributed by atoms with Crippen LogP contribution in [0.15, 0.2) is 12.5 Å². The molecule has 5 nitrogen and oxygen atoms in total. The van der Waals surface area contributed by atoms with Crippen molar-refractivity contribution in [1.29, 1.82) is 0 Å². The number of nitrogens with one attached hydrogen (secondary N) is 1. The SMILES string of the molecule is CCCNc1ncc2ncn(CCC)c2n1. The second-order valence-corrected chi connectivity index (χ2v) is 3.77. The number of anilines is 1. The molecule has 0 aliphatic heterocycles. The molecule has 0 spiro atoms. The highest BCUT2D eigenvalue weighted by Gasteiger charge is 2.05. The van der Waals surface area contributed by atoms with E-state index in [0.717, 1.165) is 37.1 Å². The molecule has 0 radical (unpaired) electrons. The van der Waals surface area contributed by atoms with E-state index >= 15 is 0 Å². The van der Waals surface area contributed by atoms with Crippen LogP contribution < -0.4 is 5.32 Å². The highest BCUT2D eigenvalue weighted by Crippen LogP contribution is 2.11. The molecular formula is C11H17N5. The summed E-state index contributed by atoms with van der Waals surface area (Å²) in [4.78, 5) is 13.0. The predicted octanol–water partition coefficient (Wildman–Crippen LogP) is 2.06. The lowest BCUT2D eigenvalue weighted by molar-refractivity contribution is 0.691. The third-order valence-corrected chi connectivity index (χ3v) is 2.36. The molecule has 0 bridgehead atoms. The van der Waals surface area contributed by atoms with Crippen LogP contribution in [0.1, 0.15) is 26.7 Å². The van der Waals surface area contributed by atoms with Gasteiger partial charge in [-0.2, -0.15) is 4.98 Å². The van der Waals surface area contributed by atoms with Gasteiger partial charge in [-0.3, -0.25) is 0 Å². The fraction of sp³-hybridized carbons (Fsp3) is 0.545. The smallest absolute Gasteiger partial charge is 0.224 e. The third kappa shape index (κ3) is 2.13. The molecule has 0 aliphatic carbocycles. The van der Waals surface area contributed by atoms with Gasteiger partial charge < -0.3 is 9.88 Å². The van der Waals surface area contributed by atoms with Crippen molar-refractivity contribution in [2.45, 2.75) is 33.2 Å². The van der Waals surface area contributed by atoms with Gasteiger partial charge in [-0.05, 0) is 12.8 Å². The number of hydrogen-bond acceptors (Lipinski definition) is 4. The van der Waals surface area contributed by atoms with Crippen LogP contribution in [0, 0.1) is 0 Å². The Morgan fingerprint density at radius 3 is 2.88 bits per heavy atom. The number of imidazole rings is 1. The molecule has 2 heterocycles. The van der Waals surface area contributed by atoms with E-state index < -0.39 is 0 Å². The van der Waals surface area contributed by atoms with Gasteiger partial charge in [0.15, 0.2) is 5.65 Å². The average Bonchev–Trinajstić information content (AvgIpc) is 2.70. The first-order valence-electron chi connectivity index (χ1n) is 5.77. The number of aromatic nitrogens is 4. The van der Waals surface area contributed by atoms with E-state index in [-0.39, 0.29) is 0 Å². The Bertz CT molecular complexity index is 462. The zero-order chi connectivity index (χ0) is 11.4. The molecule has 5 heteroatoms. The van der Waals surface area contributed by atoms with Gasteiger partial charge in [0.05, 0.1) is 12.5 Å². The lowest BCUT2D eigenvalue weighted by atomic mass is 10.4. The fourth-order valence-corrected chi connectivity index (χ4v) is 1.58. The zero-order valence-electron chi connectivity index (χ0n) is 9.77. The summed E-state index contributed by atoms with van der Waals surface area (Å²) in [5, 5.41) is 3.18. The molecule has 0 amide bonds. The molecule has 2 aromatic heterocycles. The van der Waals surface area contributed by atoms with E-state index in [4.69, 9.17) is 0 Å². The van der Waals surface area contributed by atoms with Gasteiger partial charge in [0.2, 0.25) is 5.95 Å². The molecule has 86 valence electrons. The van der Waals surface area contributed by atoms with Gasteiger partial charge in [0.25, 0.3) is 0 Å². The molecule has 0 aliphatic rings. The maximum absolute atomic E-state index is 4.47. The van der Waals surface area contributed by atoms with Crippen LogP contribution in [0.25, 0.3) is 11.2 Å². The first-order chi connectivity index (χ1) is 7.85. The van der Waals surface area contributed by atoms with Crippen molar-refractivity contribution in [1.82, 2.24) is 19.5 Å². The third-order valence-electron chi connectivity index (χ3n) is 2.36. The van der Waals surface area contributed by atoms with Gasteiger partial charge in [-0.1, -0.05) is 13.8 Å². The zero-order valence-corrected chi connectivity index (χ0v) is 9.77. The Labute approximate surface area is 94.9 Å². The standard InChI is InChI=1S/C11H17N5/c1-3-5-12-11-13-7-9-10(15-11)16(6-4-2)8-14-9/h7-8H,3-6H2,1-2H3,(H,12,13,15). The van der Waals surface area contributed by atoms with Gasteiger partial charge in [-0.25, -0.2) is 9.97 Å². The van der Waals surface area contributed by atoms with Crippen molar-refractivity contribution in [3.63, 3.8) is 0 Å². The fourth-order valence-electron chi connectivity index (χ4n) is 1.58. The molecule has 16 heavy (non-hydrogen) atoms. The highest BCUT2D eigenvalue weighted by atomic mass is 15.2. The van der Waals surface area contributed by atoms with Crippen molar-refractivity contribution in [2.75, 3.05) is 11.9 Å². The molecule has 0 fully saturated rings. The van der Waals surface area contributed by atoms with Crippen LogP contribution >= 0.6 is 0 Å². The summed E-state index contributed by atoms with van der Waals surface area (Å²) in [5.74, 6) is 0.687.